The van der Waals surface area contributed by atoms with Crippen molar-refractivity contribution in [2.75, 3.05) is 7.11 Å². The summed E-state index contributed by atoms with van der Waals surface area (Å²) in [6.45, 7) is 0. The summed E-state index contributed by atoms with van der Waals surface area (Å²) in [6.07, 6.45) is 4.06. The fourth-order valence-electron chi connectivity index (χ4n) is 2.16. The Labute approximate surface area is 140 Å². The third-order valence-corrected chi connectivity index (χ3v) is 4.99. The summed E-state index contributed by atoms with van der Waals surface area (Å²) in [5.74, 6) is 1.54. The van der Waals surface area contributed by atoms with Gasteiger partial charge in [-0.2, -0.15) is 9.61 Å². The van der Waals surface area contributed by atoms with Crippen molar-refractivity contribution in [1.82, 2.24) is 19.8 Å². The summed E-state index contributed by atoms with van der Waals surface area (Å²) in [4.78, 5) is 1.98. The van der Waals surface area contributed by atoms with Gasteiger partial charge in [-0.1, -0.05) is 17.4 Å². The first kappa shape index (κ1) is 14.1. The molecule has 23 heavy (non-hydrogen) atoms. The minimum absolute atomic E-state index is 0.731. The zero-order chi connectivity index (χ0) is 15.6. The summed E-state index contributed by atoms with van der Waals surface area (Å²) in [5, 5.41) is 16.0. The molecule has 4 rings (SSSR count). The van der Waals surface area contributed by atoms with Gasteiger partial charge in [0, 0.05) is 10.4 Å². The highest BCUT2D eigenvalue weighted by atomic mass is 32.1. The lowest BCUT2D eigenvalue weighted by Crippen LogP contribution is -1.91. The molecule has 0 saturated heterocycles. The second kappa shape index (κ2) is 5.94. The van der Waals surface area contributed by atoms with Gasteiger partial charge in [0.05, 0.1) is 7.11 Å². The quantitative estimate of drug-likeness (QED) is 0.561. The number of hydrogen-bond donors (Lipinski definition) is 0. The van der Waals surface area contributed by atoms with E-state index in [1.807, 2.05) is 36.4 Å². The van der Waals surface area contributed by atoms with Gasteiger partial charge < -0.3 is 4.74 Å². The number of rotatable bonds is 4. The first-order chi connectivity index (χ1) is 11.3. The average molecular weight is 340 g/mol. The fraction of sp³-hybridized carbons (Fsp3) is 0.0625. The number of hydrogen-bond acceptors (Lipinski definition) is 6. The number of ether oxygens (including phenoxy) is 1. The van der Waals surface area contributed by atoms with Gasteiger partial charge in [-0.3, -0.25) is 0 Å². The van der Waals surface area contributed by atoms with E-state index in [1.165, 1.54) is 16.2 Å². The Morgan fingerprint density at radius 2 is 1.96 bits per heavy atom. The van der Waals surface area contributed by atoms with Crippen LogP contribution in [0.1, 0.15) is 9.88 Å². The molecule has 0 spiro atoms. The van der Waals surface area contributed by atoms with E-state index < -0.39 is 0 Å². The minimum atomic E-state index is 0.731. The molecule has 0 unspecified atom stereocenters. The van der Waals surface area contributed by atoms with Crippen molar-refractivity contribution < 1.29 is 4.74 Å². The first-order valence-electron chi connectivity index (χ1n) is 6.92. The molecule has 0 aliphatic rings. The van der Waals surface area contributed by atoms with Crippen molar-refractivity contribution in [2.45, 2.75) is 0 Å². The van der Waals surface area contributed by atoms with Crippen LogP contribution in [0, 0.1) is 0 Å². The van der Waals surface area contributed by atoms with Gasteiger partial charge in [0.15, 0.2) is 5.82 Å². The second-order valence-corrected chi connectivity index (χ2v) is 6.70. The van der Waals surface area contributed by atoms with Crippen LogP contribution >= 0.6 is 22.7 Å². The maximum Gasteiger partial charge on any atom is 0.235 e. The Morgan fingerprint density at radius 1 is 1.09 bits per heavy atom. The molecule has 0 bridgehead atoms. The smallest absolute Gasteiger partial charge is 0.235 e. The van der Waals surface area contributed by atoms with Gasteiger partial charge >= 0.3 is 0 Å². The van der Waals surface area contributed by atoms with Crippen molar-refractivity contribution in [1.29, 1.82) is 0 Å². The molecule has 114 valence electrons. The molecule has 0 N–H and O–H groups in total. The minimum Gasteiger partial charge on any atom is -0.497 e. The van der Waals surface area contributed by atoms with Crippen molar-refractivity contribution in [2.24, 2.45) is 0 Å². The Balaban J connectivity index is 1.68. The topological polar surface area (TPSA) is 52.3 Å². The normalized spacial score (nSPS) is 11.5. The maximum atomic E-state index is 5.18. The van der Waals surface area contributed by atoms with Gasteiger partial charge in [0.25, 0.3) is 0 Å². The molecule has 0 aliphatic carbocycles. The molecule has 0 radical (unpaired) electrons. The molecule has 3 heterocycles. The number of nitrogens with zero attached hydrogens (tertiary/aromatic N) is 4. The van der Waals surface area contributed by atoms with E-state index >= 15 is 0 Å². The maximum absolute atomic E-state index is 5.18. The Morgan fingerprint density at radius 3 is 2.70 bits per heavy atom. The van der Waals surface area contributed by atoms with Crippen LogP contribution in [0.15, 0.2) is 41.8 Å². The van der Waals surface area contributed by atoms with Crippen molar-refractivity contribution in [3.8, 4) is 17.1 Å². The lowest BCUT2D eigenvalue weighted by Gasteiger charge is -2.00. The summed E-state index contributed by atoms with van der Waals surface area (Å²) in [7, 11) is 1.65. The molecule has 0 amide bonds. The SMILES string of the molecule is COc1ccc(-c2nnc3sc(C=Cc4cccs4)nn23)cc1. The second-order valence-electron chi connectivity index (χ2n) is 4.74. The lowest BCUT2D eigenvalue weighted by atomic mass is 10.2. The fourth-order valence-corrected chi connectivity index (χ4v) is 3.52. The predicted molar refractivity (Wildman–Crippen MR) is 93.9 cm³/mol. The van der Waals surface area contributed by atoms with Gasteiger partial charge in [-0.05, 0) is 47.9 Å². The van der Waals surface area contributed by atoms with Gasteiger partial charge in [0.2, 0.25) is 4.96 Å². The highest BCUT2D eigenvalue weighted by Gasteiger charge is 2.12. The highest BCUT2D eigenvalue weighted by Crippen LogP contribution is 2.24. The van der Waals surface area contributed by atoms with Crippen molar-refractivity contribution in [3.05, 3.63) is 51.7 Å². The highest BCUT2D eigenvalue weighted by molar-refractivity contribution is 7.17. The molecule has 5 nitrogen and oxygen atoms in total. The van der Waals surface area contributed by atoms with Gasteiger partial charge in [-0.25, -0.2) is 0 Å². The third-order valence-electron chi connectivity index (χ3n) is 3.29. The third kappa shape index (κ3) is 2.76. The zero-order valence-electron chi connectivity index (χ0n) is 12.2. The van der Waals surface area contributed by atoms with E-state index in [-0.39, 0.29) is 0 Å². The molecular formula is C16H12N4OS2. The van der Waals surface area contributed by atoms with Crippen LogP contribution in [0.5, 0.6) is 5.75 Å². The van der Waals surface area contributed by atoms with E-state index in [0.29, 0.717) is 0 Å². The zero-order valence-corrected chi connectivity index (χ0v) is 13.8. The van der Waals surface area contributed by atoms with E-state index in [4.69, 9.17) is 4.74 Å². The molecule has 4 aromatic rings. The molecule has 3 aromatic heterocycles. The summed E-state index contributed by atoms with van der Waals surface area (Å²) in [5.41, 5.74) is 0.956. The molecule has 1 aromatic carbocycles. The van der Waals surface area contributed by atoms with Crippen molar-refractivity contribution >= 4 is 39.8 Å². The predicted octanol–water partition coefficient (Wildman–Crippen LogP) is 4.09. The number of benzene rings is 1. The van der Waals surface area contributed by atoms with Crippen LogP contribution in [0.25, 0.3) is 28.5 Å². The number of thiophene rings is 1. The van der Waals surface area contributed by atoms with Crippen molar-refractivity contribution in [3.63, 3.8) is 0 Å². The van der Waals surface area contributed by atoms with Crippen LogP contribution < -0.4 is 4.74 Å². The van der Waals surface area contributed by atoms with E-state index in [2.05, 4.69) is 32.8 Å². The van der Waals surface area contributed by atoms with Crippen LogP contribution in [0.3, 0.4) is 0 Å². The summed E-state index contributed by atoms with van der Waals surface area (Å²) < 4.78 is 6.96. The monoisotopic (exact) mass is 340 g/mol. The molecule has 0 fully saturated rings. The standard InChI is InChI=1S/C16H12N4OS2/c1-21-12-6-4-11(5-7-12)15-17-18-16-20(15)19-14(23-16)9-8-13-3-2-10-22-13/h2-10H,1H3. The van der Waals surface area contributed by atoms with E-state index in [0.717, 1.165) is 27.1 Å². The number of fused-ring (bicyclic) bond motifs is 1. The van der Waals surface area contributed by atoms with Gasteiger partial charge in [0.1, 0.15) is 10.8 Å². The lowest BCUT2D eigenvalue weighted by molar-refractivity contribution is 0.415. The molecular weight excluding hydrogens is 328 g/mol. The number of methoxy groups -OCH3 is 1. The largest absolute Gasteiger partial charge is 0.497 e. The average Bonchev–Trinajstić information content (AvgIpc) is 3.30. The van der Waals surface area contributed by atoms with Crippen LogP contribution in [0.2, 0.25) is 0 Å². The molecule has 0 saturated carbocycles. The molecule has 0 aliphatic heterocycles. The first-order valence-corrected chi connectivity index (χ1v) is 8.61. The van der Waals surface area contributed by atoms with E-state index in [9.17, 15) is 0 Å². The molecule has 0 atom stereocenters. The van der Waals surface area contributed by atoms with Crippen LogP contribution in [-0.2, 0) is 0 Å². The number of aromatic nitrogens is 4. The van der Waals surface area contributed by atoms with Crippen LogP contribution in [0.4, 0.5) is 0 Å². The Kier molecular flexibility index (Phi) is 3.64. The summed E-state index contributed by atoms with van der Waals surface area (Å²) in [6, 6.07) is 11.8. The Bertz CT molecular complexity index is 952. The van der Waals surface area contributed by atoms with E-state index in [1.54, 1.807) is 23.0 Å². The van der Waals surface area contributed by atoms with Crippen LogP contribution in [-0.4, -0.2) is 26.9 Å². The summed E-state index contributed by atoms with van der Waals surface area (Å²) >= 11 is 3.21. The molecule has 7 heteroatoms. The van der Waals surface area contributed by atoms with Gasteiger partial charge in [-0.15, -0.1) is 21.5 Å². The Hall–Kier alpha value is -2.51.